The number of carbonyl (C=O) groups is 1. The van der Waals surface area contributed by atoms with Crippen molar-refractivity contribution in [1.29, 1.82) is 0 Å². The van der Waals surface area contributed by atoms with Gasteiger partial charge in [0.15, 0.2) is 0 Å². The third-order valence-corrected chi connectivity index (χ3v) is 3.51. The van der Waals surface area contributed by atoms with E-state index in [4.69, 9.17) is 4.74 Å². The van der Waals surface area contributed by atoms with Crippen molar-refractivity contribution in [2.75, 3.05) is 39.2 Å². The van der Waals surface area contributed by atoms with E-state index in [1.165, 1.54) is 5.56 Å². The van der Waals surface area contributed by atoms with E-state index in [0.717, 1.165) is 36.4 Å². The molecule has 1 aliphatic rings. The summed E-state index contributed by atoms with van der Waals surface area (Å²) in [5.74, 6) is 1.10. The number of ether oxygens (including phenoxy) is 1. The second-order valence-corrected chi connectivity index (χ2v) is 5.18. The zero-order valence-corrected chi connectivity index (χ0v) is 12.2. The molecule has 0 N–H and O–H groups in total. The fourth-order valence-corrected chi connectivity index (χ4v) is 2.54. The van der Waals surface area contributed by atoms with Crippen LogP contribution in [0.1, 0.15) is 18.1 Å². The molecule has 0 bridgehead atoms. The predicted octanol–water partition coefficient (Wildman–Crippen LogP) is 1.71. The molecule has 1 aromatic rings. The number of nitrogens with zero attached hydrogens (tertiary/aromatic N) is 2. The molecule has 1 aromatic carbocycles. The van der Waals surface area contributed by atoms with Crippen LogP contribution in [0.5, 0.6) is 5.75 Å². The number of carbonyl (C=O) groups excluding carboxylic acids is 1. The van der Waals surface area contributed by atoms with Gasteiger partial charge in [-0.25, -0.2) is 0 Å². The summed E-state index contributed by atoms with van der Waals surface area (Å²) in [6.07, 6.45) is 1.82. The van der Waals surface area contributed by atoms with Gasteiger partial charge in [0.05, 0.1) is 13.7 Å². The lowest BCUT2D eigenvalue weighted by atomic mass is 10.1. The molecule has 1 heterocycles. The molecule has 2 rings (SSSR count). The lowest BCUT2D eigenvalue weighted by molar-refractivity contribution is -0.119. The van der Waals surface area contributed by atoms with Crippen molar-refractivity contribution in [3.05, 3.63) is 23.3 Å². The first-order chi connectivity index (χ1) is 9.06. The minimum Gasteiger partial charge on any atom is -0.496 e. The third-order valence-electron chi connectivity index (χ3n) is 3.51. The third kappa shape index (κ3) is 2.73. The summed E-state index contributed by atoms with van der Waals surface area (Å²) >= 11 is 0. The van der Waals surface area contributed by atoms with Crippen molar-refractivity contribution in [3.8, 4) is 5.75 Å². The van der Waals surface area contributed by atoms with Gasteiger partial charge in [-0.3, -0.25) is 4.79 Å². The Morgan fingerprint density at radius 2 is 2.16 bits per heavy atom. The fraction of sp³-hybridized carbons (Fsp3) is 0.533. The summed E-state index contributed by atoms with van der Waals surface area (Å²) in [6.45, 7) is 3.33. The topological polar surface area (TPSA) is 32.8 Å². The fourth-order valence-electron chi connectivity index (χ4n) is 2.54. The number of hydrogen-bond acceptors (Lipinski definition) is 3. The van der Waals surface area contributed by atoms with Gasteiger partial charge in [0.2, 0.25) is 5.91 Å². The van der Waals surface area contributed by atoms with Crippen molar-refractivity contribution in [3.63, 3.8) is 0 Å². The SMILES string of the molecule is CCc1cc2c(cc1OC)CCN2C(=O)CN(C)C. The van der Waals surface area contributed by atoms with Crippen LogP contribution < -0.4 is 9.64 Å². The van der Waals surface area contributed by atoms with Crippen LogP contribution >= 0.6 is 0 Å². The van der Waals surface area contributed by atoms with Gasteiger partial charge in [0.1, 0.15) is 5.75 Å². The summed E-state index contributed by atoms with van der Waals surface area (Å²) in [5, 5.41) is 0. The Morgan fingerprint density at radius 1 is 1.42 bits per heavy atom. The van der Waals surface area contributed by atoms with Crippen molar-refractivity contribution in [1.82, 2.24) is 4.90 Å². The Bertz CT molecular complexity index is 483. The Labute approximate surface area is 115 Å². The minimum atomic E-state index is 0.163. The number of methoxy groups -OCH3 is 1. The van der Waals surface area contributed by atoms with Crippen molar-refractivity contribution < 1.29 is 9.53 Å². The zero-order chi connectivity index (χ0) is 14.0. The summed E-state index contributed by atoms with van der Waals surface area (Å²) in [4.78, 5) is 16.0. The van der Waals surface area contributed by atoms with E-state index in [0.29, 0.717) is 6.54 Å². The van der Waals surface area contributed by atoms with Crippen molar-refractivity contribution >= 4 is 11.6 Å². The summed E-state index contributed by atoms with van der Waals surface area (Å²) in [6, 6.07) is 4.19. The zero-order valence-electron chi connectivity index (χ0n) is 12.2. The van der Waals surface area contributed by atoms with Crippen LogP contribution in [0, 0.1) is 0 Å². The van der Waals surface area contributed by atoms with E-state index in [-0.39, 0.29) is 5.91 Å². The van der Waals surface area contributed by atoms with Gasteiger partial charge < -0.3 is 14.5 Å². The lowest BCUT2D eigenvalue weighted by Gasteiger charge is -2.20. The summed E-state index contributed by atoms with van der Waals surface area (Å²) in [5.41, 5.74) is 3.43. The van der Waals surface area contributed by atoms with Gasteiger partial charge in [-0.15, -0.1) is 0 Å². The van der Waals surface area contributed by atoms with Crippen LogP contribution in [-0.2, 0) is 17.6 Å². The lowest BCUT2D eigenvalue weighted by Crippen LogP contribution is -2.36. The predicted molar refractivity (Wildman–Crippen MR) is 77.0 cm³/mol. The van der Waals surface area contributed by atoms with Gasteiger partial charge in [0.25, 0.3) is 0 Å². The van der Waals surface area contributed by atoms with Crippen LogP contribution in [0.2, 0.25) is 0 Å². The molecular weight excluding hydrogens is 240 g/mol. The standard InChI is InChI=1S/C15H22N2O2/c1-5-11-8-13-12(9-14(11)19-4)6-7-17(13)15(18)10-16(2)3/h8-9H,5-7,10H2,1-4H3. The van der Waals surface area contributed by atoms with E-state index in [1.807, 2.05) is 23.9 Å². The maximum atomic E-state index is 12.2. The van der Waals surface area contributed by atoms with Crippen molar-refractivity contribution in [2.24, 2.45) is 0 Å². The number of benzene rings is 1. The quantitative estimate of drug-likeness (QED) is 0.828. The maximum Gasteiger partial charge on any atom is 0.241 e. The van der Waals surface area contributed by atoms with Gasteiger partial charge in [-0.2, -0.15) is 0 Å². The van der Waals surface area contributed by atoms with E-state index in [1.54, 1.807) is 7.11 Å². The molecule has 1 aliphatic heterocycles. The smallest absolute Gasteiger partial charge is 0.241 e. The molecule has 19 heavy (non-hydrogen) atoms. The second-order valence-electron chi connectivity index (χ2n) is 5.18. The van der Waals surface area contributed by atoms with Gasteiger partial charge in [-0.1, -0.05) is 6.92 Å². The molecule has 0 saturated heterocycles. The van der Waals surface area contributed by atoms with Gasteiger partial charge >= 0.3 is 0 Å². The highest BCUT2D eigenvalue weighted by molar-refractivity contribution is 5.97. The highest BCUT2D eigenvalue weighted by atomic mass is 16.5. The van der Waals surface area contributed by atoms with E-state index in [9.17, 15) is 4.79 Å². The van der Waals surface area contributed by atoms with Crippen LogP contribution in [-0.4, -0.2) is 45.1 Å². The molecule has 0 fully saturated rings. The number of hydrogen-bond donors (Lipinski definition) is 0. The molecule has 4 nitrogen and oxygen atoms in total. The normalized spacial score (nSPS) is 13.8. The number of anilines is 1. The molecule has 0 aliphatic carbocycles. The van der Waals surface area contributed by atoms with E-state index < -0.39 is 0 Å². The average Bonchev–Trinajstić information content (AvgIpc) is 2.78. The molecule has 0 saturated carbocycles. The Balaban J connectivity index is 2.31. The minimum absolute atomic E-state index is 0.163. The molecule has 104 valence electrons. The molecule has 1 amide bonds. The first-order valence-corrected chi connectivity index (χ1v) is 6.71. The molecule has 0 atom stereocenters. The Hall–Kier alpha value is -1.55. The van der Waals surface area contributed by atoms with Gasteiger partial charge in [-0.05, 0) is 50.2 Å². The van der Waals surface area contributed by atoms with Crippen LogP contribution in [0.3, 0.4) is 0 Å². The number of amides is 1. The molecular formula is C15H22N2O2. The van der Waals surface area contributed by atoms with Gasteiger partial charge in [0, 0.05) is 12.2 Å². The Morgan fingerprint density at radius 3 is 2.74 bits per heavy atom. The summed E-state index contributed by atoms with van der Waals surface area (Å²) < 4.78 is 5.41. The highest BCUT2D eigenvalue weighted by Crippen LogP contribution is 2.34. The van der Waals surface area contributed by atoms with Crippen LogP contribution in [0.15, 0.2) is 12.1 Å². The first kappa shape index (κ1) is 13.9. The largest absolute Gasteiger partial charge is 0.496 e. The van der Waals surface area contributed by atoms with Crippen molar-refractivity contribution in [2.45, 2.75) is 19.8 Å². The number of aryl methyl sites for hydroxylation is 1. The number of rotatable bonds is 4. The molecule has 0 radical (unpaired) electrons. The molecule has 0 unspecified atom stereocenters. The van der Waals surface area contributed by atoms with Crippen LogP contribution in [0.25, 0.3) is 0 Å². The second kappa shape index (κ2) is 5.61. The van der Waals surface area contributed by atoms with Crippen LogP contribution in [0.4, 0.5) is 5.69 Å². The molecule has 4 heteroatoms. The van der Waals surface area contributed by atoms with E-state index in [2.05, 4.69) is 19.1 Å². The number of likely N-dealkylation sites (N-methyl/N-ethyl adjacent to an activating group) is 1. The monoisotopic (exact) mass is 262 g/mol. The number of fused-ring (bicyclic) bond motifs is 1. The molecule has 0 spiro atoms. The van der Waals surface area contributed by atoms with E-state index >= 15 is 0 Å². The average molecular weight is 262 g/mol. The first-order valence-electron chi connectivity index (χ1n) is 6.71. The maximum absolute atomic E-state index is 12.2. The summed E-state index contributed by atoms with van der Waals surface area (Å²) in [7, 11) is 5.53. The Kier molecular flexibility index (Phi) is 4.10. The molecule has 0 aromatic heterocycles. The highest BCUT2D eigenvalue weighted by Gasteiger charge is 2.26.